The van der Waals surface area contributed by atoms with Crippen molar-refractivity contribution in [1.82, 2.24) is 5.32 Å². The molecule has 0 radical (unpaired) electrons. The van der Waals surface area contributed by atoms with E-state index >= 15 is 0 Å². The summed E-state index contributed by atoms with van der Waals surface area (Å²) in [5, 5.41) is 6.19. The molecule has 156 valence electrons. The molecule has 4 rings (SSSR count). The van der Waals surface area contributed by atoms with Crippen LogP contribution in [0.15, 0.2) is 108 Å². The minimum atomic E-state index is -0.198. The maximum atomic E-state index is 12.5. The standard InChI is InChI=1S/C26H24N2O3/c29-25(18-27-26(24-12-7-17-30-24)21-10-5-2-6-11-21)28-22-13-15-23(16-14-22)31-19-20-8-3-1-4-9-20/h1-17,26-27H,18-19H2,(H,28,29)/t26-/m0/s1. The Kier molecular flexibility index (Phi) is 6.78. The van der Waals surface area contributed by atoms with Crippen LogP contribution in [0.2, 0.25) is 0 Å². The number of furan rings is 1. The molecule has 2 N–H and O–H groups in total. The van der Waals surface area contributed by atoms with Crippen molar-refractivity contribution in [3.05, 3.63) is 120 Å². The van der Waals surface area contributed by atoms with Crippen molar-refractivity contribution in [1.29, 1.82) is 0 Å². The third-order valence-electron chi connectivity index (χ3n) is 4.81. The average Bonchev–Trinajstić information content (AvgIpc) is 3.35. The zero-order chi connectivity index (χ0) is 21.3. The van der Waals surface area contributed by atoms with Gasteiger partial charge in [-0.05, 0) is 47.5 Å². The first-order valence-corrected chi connectivity index (χ1v) is 10.2. The van der Waals surface area contributed by atoms with E-state index < -0.39 is 0 Å². The first kappa shape index (κ1) is 20.4. The molecule has 1 aromatic heterocycles. The van der Waals surface area contributed by atoms with Crippen molar-refractivity contribution in [2.75, 3.05) is 11.9 Å². The van der Waals surface area contributed by atoms with Gasteiger partial charge >= 0.3 is 0 Å². The maximum Gasteiger partial charge on any atom is 0.238 e. The minimum Gasteiger partial charge on any atom is -0.489 e. The van der Waals surface area contributed by atoms with E-state index in [-0.39, 0.29) is 18.5 Å². The van der Waals surface area contributed by atoms with Crippen LogP contribution in [0.5, 0.6) is 5.75 Å². The highest BCUT2D eigenvalue weighted by Gasteiger charge is 2.17. The van der Waals surface area contributed by atoms with Gasteiger partial charge in [0.25, 0.3) is 0 Å². The Morgan fingerprint density at radius 1 is 0.839 bits per heavy atom. The third kappa shape index (κ3) is 5.84. The molecule has 0 aliphatic heterocycles. The van der Waals surface area contributed by atoms with Crippen LogP contribution in [-0.4, -0.2) is 12.5 Å². The number of carbonyl (C=O) groups is 1. The summed E-state index contributed by atoms with van der Waals surface area (Å²) in [6.07, 6.45) is 1.63. The fourth-order valence-electron chi connectivity index (χ4n) is 3.26. The van der Waals surface area contributed by atoms with Crippen LogP contribution in [0, 0.1) is 0 Å². The molecule has 1 atom stereocenters. The second-order valence-corrected chi connectivity index (χ2v) is 7.09. The smallest absolute Gasteiger partial charge is 0.238 e. The summed E-state index contributed by atoms with van der Waals surface area (Å²) >= 11 is 0. The van der Waals surface area contributed by atoms with Crippen molar-refractivity contribution in [2.24, 2.45) is 0 Å². The van der Waals surface area contributed by atoms with Gasteiger partial charge in [0.1, 0.15) is 18.1 Å². The monoisotopic (exact) mass is 412 g/mol. The lowest BCUT2D eigenvalue weighted by atomic mass is 10.0. The highest BCUT2D eigenvalue weighted by atomic mass is 16.5. The van der Waals surface area contributed by atoms with Crippen LogP contribution in [0.4, 0.5) is 5.69 Å². The number of rotatable bonds is 9. The zero-order valence-electron chi connectivity index (χ0n) is 17.0. The van der Waals surface area contributed by atoms with Crippen molar-refractivity contribution in [3.8, 4) is 5.75 Å². The van der Waals surface area contributed by atoms with Gasteiger partial charge in [0.05, 0.1) is 18.8 Å². The van der Waals surface area contributed by atoms with Crippen molar-refractivity contribution in [3.63, 3.8) is 0 Å². The Morgan fingerprint density at radius 2 is 1.55 bits per heavy atom. The molecule has 0 fully saturated rings. The fraction of sp³-hybridized carbons (Fsp3) is 0.115. The highest BCUT2D eigenvalue weighted by molar-refractivity contribution is 5.92. The predicted molar refractivity (Wildman–Crippen MR) is 121 cm³/mol. The number of ether oxygens (including phenoxy) is 1. The van der Waals surface area contributed by atoms with Crippen LogP contribution in [0.25, 0.3) is 0 Å². The van der Waals surface area contributed by atoms with Crippen molar-refractivity contribution in [2.45, 2.75) is 12.6 Å². The molecule has 5 heteroatoms. The van der Waals surface area contributed by atoms with Gasteiger partial charge in [0, 0.05) is 5.69 Å². The van der Waals surface area contributed by atoms with Crippen molar-refractivity contribution >= 4 is 11.6 Å². The molecular weight excluding hydrogens is 388 g/mol. The van der Waals surface area contributed by atoms with Crippen LogP contribution >= 0.6 is 0 Å². The summed E-state index contributed by atoms with van der Waals surface area (Å²) in [4.78, 5) is 12.5. The van der Waals surface area contributed by atoms with E-state index in [1.807, 2.05) is 97.1 Å². The quantitative estimate of drug-likeness (QED) is 0.398. The van der Waals surface area contributed by atoms with E-state index in [4.69, 9.17) is 9.15 Å². The topological polar surface area (TPSA) is 63.5 Å². The lowest BCUT2D eigenvalue weighted by Gasteiger charge is -2.17. The molecule has 0 aliphatic rings. The molecule has 0 saturated heterocycles. The maximum absolute atomic E-state index is 12.5. The second kappa shape index (κ2) is 10.3. The van der Waals surface area contributed by atoms with Crippen molar-refractivity contribution < 1.29 is 13.9 Å². The Bertz CT molecular complexity index is 1060. The summed E-state index contributed by atoms with van der Waals surface area (Å²) < 4.78 is 11.3. The van der Waals surface area contributed by atoms with Crippen LogP contribution in [-0.2, 0) is 11.4 Å². The second-order valence-electron chi connectivity index (χ2n) is 7.09. The summed E-state index contributed by atoms with van der Waals surface area (Å²) in [6.45, 7) is 0.649. The van der Waals surface area contributed by atoms with E-state index in [2.05, 4.69) is 10.6 Å². The number of benzene rings is 3. The van der Waals surface area contributed by atoms with E-state index in [0.29, 0.717) is 12.3 Å². The number of anilines is 1. The molecule has 3 aromatic carbocycles. The van der Waals surface area contributed by atoms with E-state index in [1.54, 1.807) is 6.26 Å². The normalized spacial score (nSPS) is 11.6. The zero-order valence-corrected chi connectivity index (χ0v) is 17.0. The molecule has 4 aromatic rings. The molecule has 0 bridgehead atoms. The lowest BCUT2D eigenvalue weighted by molar-refractivity contribution is -0.115. The summed E-state index contributed by atoms with van der Waals surface area (Å²) in [7, 11) is 0. The molecule has 5 nitrogen and oxygen atoms in total. The highest BCUT2D eigenvalue weighted by Crippen LogP contribution is 2.22. The molecule has 0 aliphatic carbocycles. The Morgan fingerprint density at radius 3 is 2.23 bits per heavy atom. The van der Waals surface area contributed by atoms with Gasteiger partial charge in [0.2, 0.25) is 5.91 Å². The Labute approximate surface area is 181 Å². The number of nitrogens with one attached hydrogen (secondary N) is 2. The summed E-state index contributed by atoms with van der Waals surface area (Å²) in [5.74, 6) is 1.38. The molecule has 31 heavy (non-hydrogen) atoms. The van der Waals surface area contributed by atoms with Crippen LogP contribution < -0.4 is 15.4 Å². The number of hydrogen-bond acceptors (Lipinski definition) is 4. The SMILES string of the molecule is O=C(CN[C@@H](c1ccccc1)c1ccco1)Nc1ccc(OCc2ccccc2)cc1. The molecule has 1 amide bonds. The number of hydrogen-bond donors (Lipinski definition) is 2. The molecule has 0 saturated carbocycles. The summed E-state index contributed by atoms with van der Waals surface area (Å²) in [5.41, 5.74) is 2.86. The first-order chi connectivity index (χ1) is 15.3. The van der Waals surface area contributed by atoms with Gasteiger partial charge in [0.15, 0.2) is 0 Å². The predicted octanol–water partition coefficient (Wildman–Crippen LogP) is 5.18. The molecule has 0 spiro atoms. The minimum absolute atomic E-state index is 0.134. The average molecular weight is 412 g/mol. The molecular formula is C26H24N2O3. The Balaban J connectivity index is 1.30. The van der Waals surface area contributed by atoms with Gasteiger partial charge in [-0.2, -0.15) is 0 Å². The number of amides is 1. The molecule has 1 heterocycles. The third-order valence-corrected chi connectivity index (χ3v) is 4.81. The van der Waals surface area contributed by atoms with Gasteiger partial charge in [-0.25, -0.2) is 0 Å². The number of carbonyl (C=O) groups excluding carboxylic acids is 1. The van der Waals surface area contributed by atoms with Crippen LogP contribution in [0.3, 0.4) is 0 Å². The molecule has 0 unspecified atom stereocenters. The van der Waals surface area contributed by atoms with Crippen LogP contribution in [0.1, 0.15) is 22.9 Å². The van der Waals surface area contributed by atoms with Gasteiger partial charge in [-0.15, -0.1) is 0 Å². The van der Waals surface area contributed by atoms with Gasteiger partial charge in [-0.3, -0.25) is 10.1 Å². The van der Waals surface area contributed by atoms with Gasteiger partial charge in [-0.1, -0.05) is 60.7 Å². The Hall–Kier alpha value is -3.83. The fourth-order valence-corrected chi connectivity index (χ4v) is 3.26. The summed E-state index contributed by atoms with van der Waals surface area (Å²) in [6, 6.07) is 30.8. The van der Waals surface area contributed by atoms with E-state index in [1.165, 1.54) is 0 Å². The van der Waals surface area contributed by atoms with E-state index in [0.717, 1.165) is 22.6 Å². The van der Waals surface area contributed by atoms with Gasteiger partial charge < -0.3 is 14.5 Å². The first-order valence-electron chi connectivity index (χ1n) is 10.2. The van der Waals surface area contributed by atoms with E-state index in [9.17, 15) is 4.79 Å². The lowest BCUT2D eigenvalue weighted by Crippen LogP contribution is -2.31. The largest absolute Gasteiger partial charge is 0.489 e.